The molecule has 0 spiro atoms. The second-order valence-corrected chi connectivity index (χ2v) is 5.28. The first-order valence-electron chi connectivity index (χ1n) is 3.88. The summed E-state index contributed by atoms with van der Waals surface area (Å²) >= 11 is 3.42. The van der Waals surface area contributed by atoms with Crippen LogP contribution >= 0.6 is 15.9 Å². The van der Waals surface area contributed by atoms with Gasteiger partial charge in [-0.25, -0.2) is 0 Å². The van der Waals surface area contributed by atoms with Crippen LogP contribution in [0.5, 0.6) is 0 Å². The molecule has 1 rings (SSSR count). The predicted octanol–water partition coefficient (Wildman–Crippen LogP) is 2.17. The first-order chi connectivity index (χ1) is 5.01. The van der Waals surface area contributed by atoms with E-state index in [1.165, 1.54) is 0 Å². The van der Waals surface area contributed by atoms with Gasteiger partial charge >= 0.3 is 0 Å². The van der Waals surface area contributed by atoms with Gasteiger partial charge in [0.25, 0.3) is 0 Å². The Hall–Kier alpha value is 0.400. The number of hydrogen-bond acceptors (Lipinski definition) is 2. The van der Waals surface area contributed by atoms with Gasteiger partial charge in [-0.2, -0.15) is 0 Å². The minimum absolute atomic E-state index is 0.0666. The minimum atomic E-state index is -0.0666. The summed E-state index contributed by atoms with van der Waals surface area (Å²) in [5, 5.41) is 0. The van der Waals surface area contributed by atoms with Crippen LogP contribution in [-0.2, 0) is 9.47 Å². The van der Waals surface area contributed by atoms with Gasteiger partial charge in [-0.1, -0.05) is 29.8 Å². The van der Waals surface area contributed by atoms with Gasteiger partial charge in [0.1, 0.15) is 0 Å². The highest BCUT2D eigenvalue weighted by atomic mass is 79.9. The Morgan fingerprint density at radius 3 is 2.18 bits per heavy atom. The third kappa shape index (κ3) is 2.73. The third-order valence-electron chi connectivity index (χ3n) is 1.65. The number of ether oxygens (including phenoxy) is 2. The average Bonchev–Trinajstić information content (AvgIpc) is 1.86. The fourth-order valence-electron chi connectivity index (χ4n) is 0.970. The molecule has 0 aliphatic carbocycles. The molecule has 1 heterocycles. The van der Waals surface area contributed by atoms with Gasteiger partial charge in [0, 0.05) is 5.41 Å². The fraction of sp³-hybridized carbons (Fsp3) is 1.00. The molecule has 0 aromatic carbocycles. The molecule has 0 aromatic heterocycles. The molecular weight excluding hydrogens is 208 g/mol. The SMILES string of the molecule is CC(Br)C1OCC(C)(C)CO1. The van der Waals surface area contributed by atoms with Crippen molar-refractivity contribution < 1.29 is 9.47 Å². The topological polar surface area (TPSA) is 18.5 Å². The van der Waals surface area contributed by atoms with Gasteiger partial charge < -0.3 is 9.47 Å². The summed E-state index contributed by atoms with van der Waals surface area (Å²) in [6.45, 7) is 7.88. The standard InChI is InChI=1S/C8H15BrO2/c1-6(9)7-10-4-8(2,3)5-11-7/h6-7H,4-5H2,1-3H3. The Balaban J connectivity index is 2.36. The van der Waals surface area contributed by atoms with Crippen molar-refractivity contribution in [1.29, 1.82) is 0 Å². The van der Waals surface area contributed by atoms with Crippen LogP contribution in [0.15, 0.2) is 0 Å². The summed E-state index contributed by atoms with van der Waals surface area (Å²) in [4.78, 5) is 0.276. The maximum absolute atomic E-state index is 5.49. The normalized spacial score (nSPS) is 28.4. The Kier molecular flexibility index (Phi) is 2.95. The predicted molar refractivity (Wildman–Crippen MR) is 47.9 cm³/mol. The Morgan fingerprint density at radius 1 is 1.36 bits per heavy atom. The molecule has 2 nitrogen and oxygen atoms in total. The zero-order chi connectivity index (χ0) is 8.48. The second kappa shape index (κ2) is 3.42. The Morgan fingerprint density at radius 2 is 1.82 bits per heavy atom. The van der Waals surface area contributed by atoms with E-state index < -0.39 is 0 Å². The van der Waals surface area contributed by atoms with E-state index in [-0.39, 0.29) is 16.5 Å². The van der Waals surface area contributed by atoms with E-state index in [4.69, 9.17) is 9.47 Å². The molecule has 11 heavy (non-hydrogen) atoms. The van der Waals surface area contributed by atoms with Crippen LogP contribution < -0.4 is 0 Å². The monoisotopic (exact) mass is 222 g/mol. The average molecular weight is 223 g/mol. The van der Waals surface area contributed by atoms with Crippen LogP contribution in [0.1, 0.15) is 20.8 Å². The Labute approximate surface area is 76.4 Å². The molecule has 0 aromatic rings. The van der Waals surface area contributed by atoms with Crippen molar-refractivity contribution in [3.8, 4) is 0 Å². The molecule has 1 atom stereocenters. The zero-order valence-corrected chi connectivity index (χ0v) is 8.85. The lowest BCUT2D eigenvalue weighted by Gasteiger charge is -2.35. The lowest BCUT2D eigenvalue weighted by atomic mass is 9.95. The summed E-state index contributed by atoms with van der Waals surface area (Å²) in [5.74, 6) is 0. The highest BCUT2D eigenvalue weighted by Gasteiger charge is 2.30. The minimum Gasteiger partial charge on any atom is -0.351 e. The van der Waals surface area contributed by atoms with Crippen molar-refractivity contribution >= 4 is 15.9 Å². The van der Waals surface area contributed by atoms with E-state index in [1.54, 1.807) is 0 Å². The van der Waals surface area contributed by atoms with Crippen molar-refractivity contribution in [2.24, 2.45) is 5.41 Å². The summed E-state index contributed by atoms with van der Waals surface area (Å²) in [5.41, 5.74) is 0.179. The summed E-state index contributed by atoms with van der Waals surface area (Å²) in [7, 11) is 0. The maximum atomic E-state index is 5.49. The molecule has 0 bridgehead atoms. The van der Waals surface area contributed by atoms with E-state index in [0.29, 0.717) is 0 Å². The number of halogens is 1. The lowest BCUT2D eigenvalue weighted by molar-refractivity contribution is -0.218. The molecule has 1 saturated heterocycles. The van der Waals surface area contributed by atoms with Gasteiger partial charge in [-0.05, 0) is 6.92 Å². The van der Waals surface area contributed by atoms with Crippen molar-refractivity contribution in [3.63, 3.8) is 0 Å². The molecule has 1 aliphatic heterocycles. The highest BCUT2D eigenvalue weighted by molar-refractivity contribution is 9.09. The van der Waals surface area contributed by atoms with Crippen LogP contribution in [0, 0.1) is 5.41 Å². The zero-order valence-electron chi connectivity index (χ0n) is 7.26. The first-order valence-corrected chi connectivity index (χ1v) is 4.80. The van der Waals surface area contributed by atoms with Crippen LogP contribution in [0.2, 0.25) is 0 Å². The summed E-state index contributed by atoms with van der Waals surface area (Å²) in [6, 6.07) is 0. The number of alkyl halides is 1. The second-order valence-electron chi connectivity index (χ2n) is 3.83. The van der Waals surface area contributed by atoms with Crippen molar-refractivity contribution in [2.75, 3.05) is 13.2 Å². The molecule has 66 valence electrons. The molecule has 1 fully saturated rings. The Bertz CT molecular complexity index is 124. The molecule has 1 unspecified atom stereocenters. The molecule has 0 N–H and O–H groups in total. The van der Waals surface area contributed by atoms with Crippen molar-refractivity contribution in [1.82, 2.24) is 0 Å². The van der Waals surface area contributed by atoms with Crippen LogP contribution in [0.3, 0.4) is 0 Å². The fourth-order valence-corrected chi connectivity index (χ4v) is 1.28. The van der Waals surface area contributed by atoms with E-state index >= 15 is 0 Å². The summed E-state index contributed by atoms with van der Waals surface area (Å²) in [6.07, 6.45) is -0.0666. The lowest BCUT2D eigenvalue weighted by Crippen LogP contribution is -2.40. The quantitative estimate of drug-likeness (QED) is 0.634. The smallest absolute Gasteiger partial charge is 0.169 e. The largest absolute Gasteiger partial charge is 0.351 e. The number of hydrogen-bond donors (Lipinski definition) is 0. The van der Waals surface area contributed by atoms with Gasteiger partial charge in [0.2, 0.25) is 0 Å². The van der Waals surface area contributed by atoms with Crippen LogP contribution in [0.4, 0.5) is 0 Å². The van der Waals surface area contributed by atoms with E-state index in [2.05, 4.69) is 29.8 Å². The van der Waals surface area contributed by atoms with E-state index in [1.807, 2.05) is 6.92 Å². The first kappa shape index (κ1) is 9.49. The molecular formula is C8H15BrO2. The van der Waals surface area contributed by atoms with Crippen molar-refractivity contribution in [3.05, 3.63) is 0 Å². The third-order valence-corrected chi connectivity index (χ3v) is 2.08. The maximum Gasteiger partial charge on any atom is 0.169 e. The molecule has 0 radical (unpaired) electrons. The van der Waals surface area contributed by atoms with Gasteiger partial charge in [0.15, 0.2) is 6.29 Å². The highest BCUT2D eigenvalue weighted by Crippen LogP contribution is 2.25. The van der Waals surface area contributed by atoms with Crippen LogP contribution in [-0.4, -0.2) is 24.3 Å². The molecule has 3 heteroatoms. The summed E-state index contributed by atoms with van der Waals surface area (Å²) < 4.78 is 11.0. The molecule has 0 saturated carbocycles. The van der Waals surface area contributed by atoms with Gasteiger partial charge in [-0.15, -0.1) is 0 Å². The van der Waals surface area contributed by atoms with Crippen molar-refractivity contribution in [2.45, 2.75) is 31.9 Å². The molecule has 1 aliphatic rings. The van der Waals surface area contributed by atoms with E-state index in [0.717, 1.165) is 13.2 Å². The van der Waals surface area contributed by atoms with Gasteiger partial charge in [0.05, 0.1) is 18.0 Å². The number of rotatable bonds is 1. The van der Waals surface area contributed by atoms with Crippen LogP contribution in [0.25, 0.3) is 0 Å². The van der Waals surface area contributed by atoms with Gasteiger partial charge in [-0.3, -0.25) is 0 Å². The van der Waals surface area contributed by atoms with E-state index in [9.17, 15) is 0 Å². The molecule has 0 amide bonds.